The van der Waals surface area contributed by atoms with Crippen molar-refractivity contribution < 1.29 is 4.39 Å². The summed E-state index contributed by atoms with van der Waals surface area (Å²) in [5.74, 6) is 0.368. The fraction of sp³-hybridized carbons (Fsp3) is 0.444. The van der Waals surface area contributed by atoms with E-state index >= 15 is 0 Å². The van der Waals surface area contributed by atoms with Gasteiger partial charge in [-0.2, -0.15) is 0 Å². The van der Waals surface area contributed by atoms with E-state index in [1.165, 1.54) is 25.3 Å². The quantitative estimate of drug-likeness (QED) is 0.601. The molecule has 0 aliphatic heterocycles. The van der Waals surface area contributed by atoms with Gasteiger partial charge in [0.15, 0.2) is 0 Å². The Kier molecular flexibility index (Phi) is 1.60. The van der Waals surface area contributed by atoms with Crippen LogP contribution in [0.5, 0.6) is 0 Å². The Morgan fingerprint density at radius 1 is 1.45 bits per heavy atom. The smallest absolute Gasteiger partial charge is 0.126 e. The van der Waals surface area contributed by atoms with Crippen LogP contribution in [0.3, 0.4) is 0 Å². The zero-order valence-corrected chi connectivity index (χ0v) is 6.26. The molecule has 58 valence electrons. The van der Waals surface area contributed by atoms with Gasteiger partial charge < -0.3 is 0 Å². The third-order valence-electron chi connectivity index (χ3n) is 2.27. The lowest BCUT2D eigenvalue weighted by Gasteiger charge is -2.24. The third kappa shape index (κ3) is 1.25. The normalized spacial score (nSPS) is 17.9. The van der Waals surface area contributed by atoms with Crippen LogP contribution in [0.25, 0.3) is 0 Å². The first-order chi connectivity index (χ1) is 5.36. The zero-order valence-electron chi connectivity index (χ0n) is 6.26. The summed E-state index contributed by atoms with van der Waals surface area (Å²) in [6.45, 7) is 0. The number of aromatic nitrogens is 1. The highest BCUT2D eigenvalue weighted by Gasteiger charge is 2.20. The molecule has 1 aromatic heterocycles. The number of halogens is 1. The molecular weight excluding hydrogens is 141 g/mol. The number of nitrogens with zero attached hydrogens (tertiary/aromatic N) is 1. The molecule has 0 N–H and O–H groups in total. The Morgan fingerprint density at radius 3 is 2.82 bits per heavy atom. The van der Waals surface area contributed by atoms with Gasteiger partial charge in [0, 0.05) is 17.8 Å². The van der Waals surface area contributed by atoms with Crippen LogP contribution >= 0.6 is 0 Å². The topological polar surface area (TPSA) is 12.9 Å². The second-order valence-electron chi connectivity index (χ2n) is 3.03. The number of pyridine rings is 1. The van der Waals surface area contributed by atoms with Crippen LogP contribution in [0.15, 0.2) is 18.3 Å². The fourth-order valence-corrected chi connectivity index (χ4v) is 1.35. The molecule has 1 aromatic rings. The molecule has 0 bridgehead atoms. The van der Waals surface area contributed by atoms with Crippen molar-refractivity contribution in [1.29, 1.82) is 0 Å². The largest absolute Gasteiger partial charge is 0.261 e. The van der Waals surface area contributed by atoms with Gasteiger partial charge in [0.25, 0.3) is 0 Å². The minimum absolute atomic E-state index is 0.165. The third-order valence-corrected chi connectivity index (χ3v) is 2.27. The highest BCUT2D eigenvalue weighted by atomic mass is 19.1. The predicted molar refractivity (Wildman–Crippen MR) is 40.8 cm³/mol. The molecular formula is C9H10FN. The van der Waals surface area contributed by atoms with Crippen LogP contribution < -0.4 is 0 Å². The summed E-state index contributed by atoms with van der Waals surface area (Å²) in [6.07, 6.45) is 5.17. The standard InChI is InChI=1S/C9H10FN/c10-8-4-5-11-9(6-8)7-2-1-3-7/h4-7H,1-3H2. The fourth-order valence-electron chi connectivity index (χ4n) is 1.35. The Balaban J connectivity index is 2.23. The van der Waals surface area contributed by atoms with E-state index in [4.69, 9.17) is 0 Å². The van der Waals surface area contributed by atoms with Crippen molar-refractivity contribution in [3.63, 3.8) is 0 Å². The molecule has 1 aliphatic carbocycles. The van der Waals surface area contributed by atoms with Gasteiger partial charge in [0.1, 0.15) is 5.82 Å². The minimum Gasteiger partial charge on any atom is -0.261 e. The molecule has 0 unspecified atom stereocenters. The Bertz CT molecular complexity index is 255. The van der Waals surface area contributed by atoms with E-state index < -0.39 is 0 Å². The maximum Gasteiger partial charge on any atom is 0.126 e. The summed E-state index contributed by atoms with van der Waals surface area (Å²) in [4.78, 5) is 4.12. The van der Waals surface area contributed by atoms with Gasteiger partial charge in [-0.25, -0.2) is 4.39 Å². The summed E-state index contributed by atoms with van der Waals surface area (Å²) < 4.78 is 12.6. The second-order valence-corrected chi connectivity index (χ2v) is 3.03. The molecule has 2 rings (SSSR count). The van der Waals surface area contributed by atoms with Gasteiger partial charge in [0.2, 0.25) is 0 Å². The van der Waals surface area contributed by atoms with Crippen molar-refractivity contribution in [3.05, 3.63) is 29.8 Å². The van der Waals surface area contributed by atoms with Crippen LogP contribution in [0.2, 0.25) is 0 Å². The summed E-state index contributed by atoms with van der Waals surface area (Å²) in [5.41, 5.74) is 0.927. The van der Waals surface area contributed by atoms with E-state index in [1.807, 2.05) is 0 Å². The summed E-state index contributed by atoms with van der Waals surface area (Å²) >= 11 is 0. The average Bonchev–Trinajstić information content (AvgIpc) is 1.83. The van der Waals surface area contributed by atoms with Gasteiger partial charge >= 0.3 is 0 Å². The van der Waals surface area contributed by atoms with Crippen LogP contribution in [-0.4, -0.2) is 4.98 Å². The van der Waals surface area contributed by atoms with Crippen molar-refractivity contribution >= 4 is 0 Å². The van der Waals surface area contributed by atoms with E-state index in [-0.39, 0.29) is 5.82 Å². The first-order valence-corrected chi connectivity index (χ1v) is 3.98. The Labute approximate surface area is 65.3 Å². The lowest BCUT2D eigenvalue weighted by molar-refractivity contribution is 0.409. The molecule has 1 fully saturated rings. The molecule has 0 spiro atoms. The summed E-state index contributed by atoms with van der Waals surface area (Å²) in [7, 11) is 0. The highest BCUT2D eigenvalue weighted by Crippen LogP contribution is 2.34. The zero-order chi connectivity index (χ0) is 7.68. The van der Waals surface area contributed by atoms with E-state index in [0.29, 0.717) is 5.92 Å². The first kappa shape index (κ1) is 6.77. The highest BCUT2D eigenvalue weighted by molar-refractivity contribution is 5.13. The van der Waals surface area contributed by atoms with Gasteiger partial charge in [0.05, 0.1) is 0 Å². The van der Waals surface area contributed by atoms with E-state index in [2.05, 4.69) is 4.98 Å². The molecule has 0 atom stereocenters. The monoisotopic (exact) mass is 151 g/mol. The molecule has 2 heteroatoms. The molecule has 0 amide bonds. The maximum atomic E-state index is 12.6. The van der Waals surface area contributed by atoms with Crippen molar-refractivity contribution in [1.82, 2.24) is 4.98 Å². The molecule has 0 aromatic carbocycles. The lowest BCUT2D eigenvalue weighted by Crippen LogP contribution is -2.10. The summed E-state index contributed by atoms with van der Waals surface area (Å²) in [5, 5.41) is 0. The van der Waals surface area contributed by atoms with E-state index in [0.717, 1.165) is 5.69 Å². The summed E-state index contributed by atoms with van der Waals surface area (Å²) in [6, 6.07) is 2.94. The van der Waals surface area contributed by atoms with Crippen LogP contribution in [0.1, 0.15) is 30.9 Å². The minimum atomic E-state index is -0.165. The number of rotatable bonds is 1. The predicted octanol–water partition coefficient (Wildman–Crippen LogP) is 2.49. The van der Waals surface area contributed by atoms with Gasteiger partial charge in [-0.15, -0.1) is 0 Å². The van der Waals surface area contributed by atoms with Gasteiger partial charge in [-0.3, -0.25) is 4.98 Å². The maximum absolute atomic E-state index is 12.6. The first-order valence-electron chi connectivity index (χ1n) is 3.98. The van der Waals surface area contributed by atoms with Gasteiger partial charge in [-0.1, -0.05) is 6.42 Å². The molecule has 1 heterocycles. The molecule has 1 saturated carbocycles. The van der Waals surface area contributed by atoms with Crippen molar-refractivity contribution in [3.8, 4) is 0 Å². The van der Waals surface area contributed by atoms with E-state index in [1.54, 1.807) is 12.3 Å². The van der Waals surface area contributed by atoms with Crippen molar-refractivity contribution in [2.45, 2.75) is 25.2 Å². The van der Waals surface area contributed by atoms with Crippen LogP contribution in [0, 0.1) is 5.82 Å². The van der Waals surface area contributed by atoms with Crippen molar-refractivity contribution in [2.75, 3.05) is 0 Å². The average molecular weight is 151 g/mol. The molecule has 11 heavy (non-hydrogen) atoms. The van der Waals surface area contributed by atoms with Crippen molar-refractivity contribution in [2.24, 2.45) is 0 Å². The molecule has 0 saturated heterocycles. The lowest BCUT2D eigenvalue weighted by atomic mass is 9.83. The van der Waals surface area contributed by atoms with Crippen LogP contribution in [0.4, 0.5) is 4.39 Å². The Hall–Kier alpha value is -0.920. The van der Waals surface area contributed by atoms with Gasteiger partial charge in [-0.05, 0) is 25.0 Å². The SMILES string of the molecule is Fc1ccnc(C2CCC2)c1. The molecule has 0 radical (unpaired) electrons. The Morgan fingerprint density at radius 2 is 2.27 bits per heavy atom. The number of hydrogen-bond acceptors (Lipinski definition) is 1. The number of hydrogen-bond donors (Lipinski definition) is 0. The second kappa shape index (κ2) is 2.61. The molecule has 1 nitrogen and oxygen atoms in total. The van der Waals surface area contributed by atoms with E-state index in [9.17, 15) is 4.39 Å². The van der Waals surface area contributed by atoms with Crippen LogP contribution in [-0.2, 0) is 0 Å². The molecule has 1 aliphatic rings.